The van der Waals surface area contributed by atoms with Crippen LogP contribution in [0, 0.1) is 0 Å². The molecular formula is C14H19NO3. The third-order valence-corrected chi connectivity index (χ3v) is 3.09. The van der Waals surface area contributed by atoms with Crippen LogP contribution < -0.4 is 10.1 Å². The van der Waals surface area contributed by atoms with Crippen LogP contribution in [0.3, 0.4) is 0 Å². The molecule has 0 aromatic heterocycles. The molecule has 1 aromatic carbocycles. The van der Waals surface area contributed by atoms with Crippen LogP contribution in [0.2, 0.25) is 0 Å². The second kappa shape index (κ2) is 6.40. The highest BCUT2D eigenvalue weighted by atomic mass is 16.5. The Hall–Kier alpha value is -1.55. The summed E-state index contributed by atoms with van der Waals surface area (Å²) in [5, 5.41) is 11.8. The maximum atomic E-state index is 10.3. The van der Waals surface area contributed by atoms with Gasteiger partial charge in [0, 0.05) is 12.8 Å². The van der Waals surface area contributed by atoms with Gasteiger partial charge in [-0.2, -0.15) is 0 Å². The third kappa shape index (κ3) is 3.74. The second-order valence-electron chi connectivity index (χ2n) is 4.54. The molecule has 1 heterocycles. The van der Waals surface area contributed by atoms with Gasteiger partial charge < -0.3 is 15.2 Å². The van der Waals surface area contributed by atoms with Gasteiger partial charge in [-0.1, -0.05) is 12.1 Å². The lowest BCUT2D eigenvalue weighted by Gasteiger charge is -2.05. The van der Waals surface area contributed by atoms with E-state index < -0.39 is 5.97 Å². The maximum absolute atomic E-state index is 10.3. The molecule has 0 amide bonds. The van der Waals surface area contributed by atoms with E-state index in [1.54, 1.807) is 0 Å². The van der Waals surface area contributed by atoms with E-state index in [0.29, 0.717) is 6.42 Å². The number of ether oxygens (including phenoxy) is 1. The van der Waals surface area contributed by atoms with E-state index in [1.165, 1.54) is 11.1 Å². The molecule has 0 aliphatic carbocycles. The second-order valence-corrected chi connectivity index (χ2v) is 4.54. The number of fused-ring (bicyclic) bond motifs is 1. The van der Waals surface area contributed by atoms with Crippen molar-refractivity contribution in [1.29, 1.82) is 0 Å². The fraction of sp³-hybridized carbons (Fsp3) is 0.500. The summed E-state index contributed by atoms with van der Waals surface area (Å²) in [6.07, 6.45) is 2.91. The van der Waals surface area contributed by atoms with Gasteiger partial charge in [0.25, 0.3) is 0 Å². The molecule has 0 radical (unpaired) electrons. The standard InChI is InChI=1S/C14H19NO3/c16-14(17)2-1-7-15-8-5-11-3-4-13-12(10-11)6-9-18-13/h3-4,10,15H,1-2,5-9H2,(H,16,17). The van der Waals surface area contributed by atoms with Crippen molar-refractivity contribution in [2.24, 2.45) is 0 Å². The minimum atomic E-state index is -0.726. The largest absolute Gasteiger partial charge is 0.493 e. The Morgan fingerprint density at radius 3 is 3.11 bits per heavy atom. The lowest BCUT2D eigenvalue weighted by atomic mass is 10.1. The highest BCUT2D eigenvalue weighted by molar-refractivity contribution is 5.66. The van der Waals surface area contributed by atoms with Gasteiger partial charge in [0.15, 0.2) is 0 Å². The summed E-state index contributed by atoms with van der Waals surface area (Å²) >= 11 is 0. The molecule has 0 spiro atoms. The number of carbonyl (C=O) groups is 1. The smallest absolute Gasteiger partial charge is 0.303 e. The zero-order valence-electron chi connectivity index (χ0n) is 10.4. The van der Waals surface area contributed by atoms with E-state index in [-0.39, 0.29) is 6.42 Å². The molecular weight excluding hydrogens is 230 g/mol. The Kier molecular flexibility index (Phi) is 4.59. The molecule has 0 atom stereocenters. The van der Waals surface area contributed by atoms with Crippen LogP contribution in [-0.2, 0) is 17.6 Å². The Balaban J connectivity index is 1.66. The van der Waals surface area contributed by atoms with E-state index >= 15 is 0 Å². The van der Waals surface area contributed by atoms with Crippen LogP contribution in [0.25, 0.3) is 0 Å². The topological polar surface area (TPSA) is 58.6 Å². The Labute approximate surface area is 107 Å². The summed E-state index contributed by atoms with van der Waals surface area (Å²) in [5.41, 5.74) is 2.61. The average molecular weight is 249 g/mol. The molecule has 0 bridgehead atoms. The number of carboxylic acid groups (broad SMARTS) is 1. The molecule has 98 valence electrons. The van der Waals surface area contributed by atoms with Gasteiger partial charge in [-0.3, -0.25) is 4.79 Å². The van der Waals surface area contributed by atoms with Crippen molar-refractivity contribution in [3.05, 3.63) is 29.3 Å². The molecule has 18 heavy (non-hydrogen) atoms. The van der Waals surface area contributed by atoms with Gasteiger partial charge in [0.1, 0.15) is 5.75 Å². The van der Waals surface area contributed by atoms with Crippen molar-refractivity contribution in [2.45, 2.75) is 25.7 Å². The van der Waals surface area contributed by atoms with E-state index in [0.717, 1.165) is 38.3 Å². The van der Waals surface area contributed by atoms with Crippen LogP contribution in [0.5, 0.6) is 5.75 Å². The van der Waals surface area contributed by atoms with Crippen molar-refractivity contribution >= 4 is 5.97 Å². The minimum absolute atomic E-state index is 0.239. The lowest BCUT2D eigenvalue weighted by molar-refractivity contribution is -0.137. The molecule has 0 saturated carbocycles. The van der Waals surface area contributed by atoms with Gasteiger partial charge in [-0.15, -0.1) is 0 Å². The molecule has 2 rings (SSSR count). The van der Waals surface area contributed by atoms with E-state index in [9.17, 15) is 4.79 Å². The summed E-state index contributed by atoms with van der Waals surface area (Å²) in [7, 11) is 0. The monoisotopic (exact) mass is 249 g/mol. The van der Waals surface area contributed by atoms with Crippen molar-refractivity contribution in [2.75, 3.05) is 19.7 Å². The number of carboxylic acids is 1. The summed E-state index contributed by atoms with van der Waals surface area (Å²) < 4.78 is 5.46. The quantitative estimate of drug-likeness (QED) is 0.721. The molecule has 1 aromatic rings. The molecule has 1 aliphatic rings. The Bertz CT molecular complexity index is 418. The predicted molar refractivity (Wildman–Crippen MR) is 69.1 cm³/mol. The molecule has 4 heteroatoms. The molecule has 0 fully saturated rings. The summed E-state index contributed by atoms with van der Waals surface area (Å²) in [4.78, 5) is 10.3. The molecule has 0 unspecified atom stereocenters. The van der Waals surface area contributed by atoms with E-state index in [4.69, 9.17) is 9.84 Å². The van der Waals surface area contributed by atoms with Gasteiger partial charge in [0.05, 0.1) is 6.61 Å². The maximum Gasteiger partial charge on any atom is 0.303 e. The van der Waals surface area contributed by atoms with Crippen molar-refractivity contribution in [1.82, 2.24) is 5.32 Å². The molecule has 4 nitrogen and oxygen atoms in total. The van der Waals surface area contributed by atoms with Crippen LogP contribution in [0.1, 0.15) is 24.0 Å². The Morgan fingerprint density at radius 1 is 1.39 bits per heavy atom. The fourth-order valence-electron chi connectivity index (χ4n) is 2.12. The van der Waals surface area contributed by atoms with Gasteiger partial charge in [0.2, 0.25) is 0 Å². The highest BCUT2D eigenvalue weighted by Crippen LogP contribution is 2.25. The normalized spacial score (nSPS) is 13.1. The summed E-state index contributed by atoms with van der Waals surface area (Å²) in [6.45, 7) is 2.45. The number of hydrogen-bond donors (Lipinski definition) is 2. The first-order valence-corrected chi connectivity index (χ1v) is 6.43. The number of aliphatic carboxylic acids is 1. The van der Waals surface area contributed by atoms with Gasteiger partial charge >= 0.3 is 5.97 Å². The van der Waals surface area contributed by atoms with Crippen molar-refractivity contribution < 1.29 is 14.6 Å². The number of hydrogen-bond acceptors (Lipinski definition) is 3. The zero-order valence-corrected chi connectivity index (χ0v) is 10.4. The predicted octanol–water partition coefficient (Wildman–Crippen LogP) is 1.62. The highest BCUT2D eigenvalue weighted by Gasteiger charge is 2.11. The van der Waals surface area contributed by atoms with Crippen LogP contribution in [0.15, 0.2) is 18.2 Å². The number of rotatable bonds is 7. The van der Waals surface area contributed by atoms with Crippen LogP contribution in [0.4, 0.5) is 0 Å². The van der Waals surface area contributed by atoms with E-state index in [2.05, 4.69) is 17.4 Å². The fourth-order valence-corrected chi connectivity index (χ4v) is 2.12. The summed E-state index contributed by atoms with van der Waals surface area (Å²) in [6, 6.07) is 6.35. The van der Waals surface area contributed by atoms with Crippen molar-refractivity contribution in [3.8, 4) is 5.75 Å². The third-order valence-electron chi connectivity index (χ3n) is 3.09. The van der Waals surface area contributed by atoms with Gasteiger partial charge in [-0.25, -0.2) is 0 Å². The van der Waals surface area contributed by atoms with E-state index in [1.807, 2.05) is 6.07 Å². The molecule has 1 aliphatic heterocycles. The van der Waals surface area contributed by atoms with Crippen LogP contribution in [-0.4, -0.2) is 30.8 Å². The summed E-state index contributed by atoms with van der Waals surface area (Å²) in [5.74, 6) is 0.295. The first kappa shape index (κ1) is 12.9. The van der Waals surface area contributed by atoms with Gasteiger partial charge in [-0.05, 0) is 43.1 Å². The Morgan fingerprint density at radius 2 is 2.28 bits per heavy atom. The molecule has 0 saturated heterocycles. The first-order chi connectivity index (χ1) is 8.75. The zero-order chi connectivity index (χ0) is 12.8. The number of benzene rings is 1. The molecule has 2 N–H and O–H groups in total. The first-order valence-electron chi connectivity index (χ1n) is 6.43. The number of nitrogens with one attached hydrogen (secondary N) is 1. The van der Waals surface area contributed by atoms with Crippen LogP contribution >= 0.6 is 0 Å². The lowest BCUT2D eigenvalue weighted by Crippen LogP contribution is -2.19. The average Bonchev–Trinajstić information content (AvgIpc) is 2.80. The van der Waals surface area contributed by atoms with Crippen molar-refractivity contribution in [3.63, 3.8) is 0 Å². The minimum Gasteiger partial charge on any atom is -0.493 e. The SMILES string of the molecule is O=C(O)CCCNCCc1ccc2c(c1)CCO2.